The van der Waals surface area contributed by atoms with E-state index in [2.05, 4.69) is 9.97 Å². The smallest absolute Gasteiger partial charge is 0.302 e. The molecule has 0 bridgehead atoms. The molecule has 2 N–H and O–H groups in total. The molecule has 3 aromatic carbocycles. The van der Waals surface area contributed by atoms with E-state index in [0.29, 0.717) is 22.4 Å². The van der Waals surface area contributed by atoms with Crippen LogP contribution in [-0.4, -0.2) is 33.9 Å². The molecule has 0 aliphatic carbocycles. The number of aryl methyl sites for hydroxylation is 1. The lowest BCUT2D eigenvalue weighted by molar-refractivity contribution is -0.132. The molecule has 36 heavy (non-hydrogen) atoms. The number of ketones is 1. The van der Waals surface area contributed by atoms with Crippen molar-refractivity contribution in [1.29, 1.82) is 0 Å². The van der Waals surface area contributed by atoms with Crippen LogP contribution in [-0.2, 0) is 9.59 Å². The molecular formula is C29H27N3O4. The number of hydrogen-bond acceptors (Lipinski definition) is 5. The second kappa shape index (κ2) is 9.00. The van der Waals surface area contributed by atoms with Crippen LogP contribution in [0.15, 0.2) is 72.3 Å². The van der Waals surface area contributed by atoms with E-state index in [1.807, 2.05) is 69.3 Å². The van der Waals surface area contributed by atoms with Crippen LogP contribution in [0.1, 0.15) is 48.1 Å². The predicted octanol–water partition coefficient (Wildman–Crippen LogP) is 5.63. The second-order valence-corrected chi connectivity index (χ2v) is 9.27. The summed E-state index contributed by atoms with van der Waals surface area (Å²) in [6.07, 6.45) is 0. The Bertz CT molecular complexity index is 1520. The molecule has 1 unspecified atom stereocenters. The van der Waals surface area contributed by atoms with Crippen molar-refractivity contribution in [3.63, 3.8) is 0 Å². The zero-order valence-electron chi connectivity index (χ0n) is 20.6. The molecule has 1 aliphatic heterocycles. The van der Waals surface area contributed by atoms with Crippen LogP contribution in [0, 0.1) is 6.92 Å². The lowest BCUT2D eigenvalue weighted by atomic mass is 9.93. The fourth-order valence-corrected chi connectivity index (χ4v) is 4.71. The summed E-state index contributed by atoms with van der Waals surface area (Å²) < 4.78 is 5.47. The molecule has 0 saturated carbocycles. The number of H-pyrrole nitrogens is 1. The largest absolute Gasteiger partial charge is 0.507 e. The maximum atomic E-state index is 13.4. The summed E-state index contributed by atoms with van der Waals surface area (Å²) in [5.41, 5.74) is 4.52. The van der Waals surface area contributed by atoms with Gasteiger partial charge in [0, 0.05) is 5.56 Å². The first-order chi connectivity index (χ1) is 17.3. The van der Waals surface area contributed by atoms with E-state index < -0.39 is 17.7 Å². The van der Waals surface area contributed by atoms with Gasteiger partial charge in [0.25, 0.3) is 5.78 Å². The number of rotatable bonds is 5. The highest BCUT2D eigenvalue weighted by atomic mass is 16.5. The Labute approximate surface area is 209 Å². The highest BCUT2D eigenvalue weighted by molar-refractivity contribution is 6.51. The Morgan fingerprint density at radius 1 is 1.06 bits per heavy atom. The molecule has 1 aliphatic rings. The standard InChI is InChI=1S/C29H27N3O4/c1-16(2)20-15-19(11-13-23(20)36-4)26(33)24-25(18-8-6-5-7-9-18)32(28(35)27(24)34)29-30-21-12-10-17(3)14-22(21)31-29/h5-16,25,33H,1-4H3,(H,30,31)/b26-24+. The van der Waals surface area contributed by atoms with Gasteiger partial charge in [0.15, 0.2) is 0 Å². The van der Waals surface area contributed by atoms with Gasteiger partial charge in [-0.25, -0.2) is 4.98 Å². The van der Waals surface area contributed by atoms with Crippen LogP contribution < -0.4 is 9.64 Å². The van der Waals surface area contributed by atoms with Crippen LogP contribution in [0.5, 0.6) is 5.75 Å². The van der Waals surface area contributed by atoms with Crippen molar-refractivity contribution in [1.82, 2.24) is 9.97 Å². The number of benzene rings is 3. The van der Waals surface area contributed by atoms with Gasteiger partial charge in [-0.3, -0.25) is 14.5 Å². The summed E-state index contributed by atoms with van der Waals surface area (Å²) in [5, 5.41) is 11.5. The van der Waals surface area contributed by atoms with Gasteiger partial charge < -0.3 is 14.8 Å². The molecule has 7 nitrogen and oxygen atoms in total. The molecule has 0 spiro atoms. The van der Waals surface area contributed by atoms with E-state index in [1.165, 1.54) is 4.90 Å². The first-order valence-electron chi connectivity index (χ1n) is 11.8. The highest BCUT2D eigenvalue weighted by Crippen LogP contribution is 2.42. The average Bonchev–Trinajstić information content (AvgIpc) is 3.41. The van der Waals surface area contributed by atoms with Crippen LogP contribution in [0.4, 0.5) is 5.95 Å². The molecule has 0 radical (unpaired) electrons. The van der Waals surface area contributed by atoms with Gasteiger partial charge in [-0.1, -0.05) is 50.2 Å². The molecular weight excluding hydrogens is 454 g/mol. The second-order valence-electron chi connectivity index (χ2n) is 9.27. The number of aliphatic hydroxyl groups excluding tert-OH is 1. The van der Waals surface area contributed by atoms with Crippen molar-refractivity contribution >= 4 is 34.4 Å². The summed E-state index contributed by atoms with van der Waals surface area (Å²) in [5.74, 6) is -0.679. The van der Waals surface area contributed by atoms with E-state index in [9.17, 15) is 14.7 Å². The Balaban J connectivity index is 1.71. The third-order valence-electron chi connectivity index (χ3n) is 6.54. The molecule has 4 aromatic rings. The Morgan fingerprint density at radius 3 is 2.50 bits per heavy atom. The number of nitrogens with one attached hydrogen (secondary N) is 1. The number of nitrogens with zero attached hydrogens (tertiary/aromatic N) is 2. The minimum atomic E-state index is -0.850. The fourth-order valence-electron chi connectivity index (χ4n) is 4.71. The van der Waals surface area contributed by atoms with Gasteiger partial charge in [0.05, 0.1) is 29.8 Å². The highest BCUT2D eigenvalue weighted by Gasteiger charge is 2.48. The van der Waals surface area contributed by atoms with E-state index in [-0.39, 0.29) is 23.2 Å². The van der Waals surface area contributed by atoms with E-state index in [1.54, 1.807) is 25.3 Å². The summed E-state index contributed by atoms with van der Waals surface area (Å²) in [6, 6.07) is 19.3. The Hall–Kier alpha value is -4.39. The lowest BCUT2D eigenvalue weighted by Crippen LogP contribution is -2.30. The number of aromatic amines is 1. The summed E-state index contributed by atoms with van der Waals surface area (Å²) >= 11 is 0. The van der Waals surface area contributed by atoms with Crippen molar-refractivity contribution in [2.75, 3.05) is 12.0 Å². The van der Waals surface area contributed by atoms with Gasteiger partial charge in [-0.05, 0) is 59.9 Å². The van der Waals surface area contributed by atoms with Gasteiger partial charge in [-0.2, -0.15) is 0 Å². The average molecular weight is 482 g/mol. The predicted molar refractivity (Wildman–Crippen MR) is 139 cm³/mol. The van der Waals surface area contributed by atoms with Crippen molar-refractivity contribution in [3.05, 3.63) is 94.6 Å². The lowest BCUT2D eigenvalue weighted by Gasteiger charge is -2.23. The Morgan fingerprint density at radius 2 is 1.81 bits per heavy atom. The molecule has 7 heteroatoms. The van der Waals surface area contributed by atoms with Crippen LogP contribution >= 0.6 is 0 Å². The molecule has 1 atom stereocenters. The number of carbonyl (C=O) groups is 2. The number of fused-ring (bicyclic) bond motifs is 1. The van der Waals surface area contributed by atoms with Crippen LogP contribution in [0.3, 0.4) is 0 Å². The number of aliphatic hydroxyl groups is 1. The monoisotopic (exact) mass is 481 g/mol. The van der Waals surface area contributed by atoms with Gasteiger partial charge in [0.2, 0.25) is 5.95 Å². The molecule has 2 heterocycles. The van der Waals surface area contributed by atoms with Crippen molar-refractivity contribution in [3.8, 4) is 5.75 Å². The van der Waals surface area contributed by atoms with Crippen LogP contribution in [0.25, 0.3) is 16.8 Å². The summed E-state index contributed by atoms with van der Waals surface area (Å²) in [4.78, 5) is 36.0. The number of hydrogen-bond donors (Lipinski definition) is 2. The molecule has 1 fully saturated rings. The number of anilines is 1. The zero-order chi connectivity index (χ0) is 25.6. The van der Waals surface area contributed by atoms with Crippen molar-refractivity contribution in [2.45, 2.75) is 32.7 Å². The number of carbonyl (C=O) groups excluding carboxylic acids is 2. The number of amides is 1. The normalized spacial score (nSPS) is 17.4. The molecule has 182 valence electrons. The number of imidazole rings is 1. The van der Waals surface area contributed by atoms with E-state index in [0.717, 1.165) is 16.6 Å². The quantitative estimate of drug-likeness (QED) is 0.219. The number of ether oxygens (including phenoxy) is 1. The van der Waals surface area contributed by atoms with Gasteiger partial charge >= 0.3 is 5.91 Å². The SMILES string of the molecule is COc1ccc(/C(O)=C2\C(=O)C(=O)N(c3nc4ccc(C)cc4[nH]3)C2c2ccccc2)cc1C(C)C. The van der Waals surface area contributed by atoms with Gasteiger partial charge in [-0.15, -0.1) is 0 Å². The third kappa shape index (κ3) is 3.82. The molecule has 1 amide bonds. The van der Waals surface area contributed by atoms with Crippen molar-refractivity contribution in [2.24, 2.45) is 0 Å². The first-order valence-corrected chi connectivity index (χ1v) is 11.8. The summed E-state index contributed by atoms with van der Waals surface area (Å²) in [6.45, 7) is 6.01. The topological polar surface area (TPSA) is 95.5 Å². The number of Topliss-reactive ketones (excluding diaryl/α,β-unsaturated/α-hetero) is 1. The number of methoxy groups -OCH3 is 1. The molecule has 5 rings (SSSR count). The third-order valence-corrected chi connectivity index (χ3v) is 6.54. The minimum Gasteiger partial charge on any atom is -0.507 e. The van der Waals surface area contributed by atoms with E-state index >= 15 is 0 Å². The fraction of sp³-hybridized carbons (Fsp3) is 0.207. The van der Waals surface area contributed by atoms with E-state index in [4.69, 9.17) is 4.74 Å². The summed E-state index contributed by atoms with van der Waals surface area (Å²) in [7, 11) is 1.59. The Kier molecular flexibility index (Phi) is 5.84. The van der Waals surface area contributed by atoms with Crippen LogP contribution in [0.2, 0.25) is 0 Å². The maximum Gasteiger partial charge on any atom is 0.302 e. The van der Waals surface area contributed by atoms with Crippen molar-refractivity contribution < 1.29 is 19.4 Å². The molecule has 1 aromatic heterocycles. The maximum absolute atomic E-state index is 13.4. The number of aromatic nitrogens is 2. The zero-order valence-corrected chi connectivity index (χ0v) is 20.6. The van der Waals surface area contributed by atoms with Gasteiger partial charge in [0.1, 0.15) is 11.5 Å². The molecule has 1 saturated heterocycles. The first kappa shape index (κ1) is 23.4. The minimum absolute atomic E-state index is 0.0164.